The second kappa shape index (κ2) is 12.1. The molecule has 6 heterocycles. The van der Waals surface area contributed by atoms with Crippen LogP contribution in [0, 0.1) is 18.3 Å². The van der Waals surface area contributed by atoms with Gasteiger partial charge < -0.3 is 19.6 Å². The number of allylic oxidation sites excluding steroid dienone is 2. The summed E-state index contributed by atoms with van der Waals surface area (Å²) in [5.74, 6) is 2.75. The molecule has 0 amide bonds. The van der Waals surface area contributed by atoms with E-state index in [-0.39, 0.29) is 23.7 Å². The van der Waals surface area contributed by atoms with E-state index in [0.717, 1.165) is 51.6 Å². The molecule has 4 aliphatic heterocycles. The molecule has 2 aromatic heterocycles. The van der Waals surface area contributed by atoms with Crippen molar-refractivity contribution < 1.29 is 0 Å². The maximum Gasteiger partial charge on any atom is 0.162 e. The minimum Gasteiger partial charge on any atom is -0.315 e. The van der Waals surface area contributed by atoms with Crippen LogP contribution in [0.3, 0.4) is 0 Å². The topological polar surface area (TPSA) is 64.5 Å². The molecule has 6 unspecified atom stereocenters. The second-order valence-corrected chi connectivity index (χ2v) is 16.4. The zero-order valence-corrected chi connectivity index (χ0v) is 32.6. The highest BCUT2D eigenvalue weighted by Gasteiger charge is 2.62. The third kappa shape index (κ3) is 4.35. The lowest BCUT2D eigenvalue weighted by Gasteiger charge is -2.57. The van der Waals surface area contributed by atoms with Crippen LogP contribution >= 0.6 is 0 Å². The SMILES string of the molecule is C=CC1(C)c2ccccc2N2c3nc(CC4(C)C5N(c6ccccc6)c6cncnc6N5c5ccccc5C4(C)C=C)ncc3N(c3ccccc3C)C2C1C. The third-order valence-electron chi connectivity index (χ3n) is 13.8. The number of rotatable bonds is 6. The summed E-state index contributed by atoms with van der Waals surface area (Å²) in [6.07, 6.45) is 10.3. The smallest absolute Gasteiger partial charge is 0.162 e. The number of anilines is 8. The van der Waals surface area contributed by atoms with Crippen LogP contribution < -0.4 is 19.6 Å². The molecule has 0 aliphatic carbocycles. The molecule has 0 radical (unpaired) electrons. The van der Waals surface area contributed by atoms with Crippen molar-refractivity contribution in [3.8, 4) is 0 Å². The first kappa shape index (κ1) is 34.2. The second-order valence-electron chi connectivity index (χ2n) is 16.4. The van der Waals surface area contributed by atoms with E-state index in [0.29, 0.717) is 6.42 Å². The molecule has 56 heavy (non-hydrogen) atoms. The van der Waals surface area contributed by atoms with Crippen molar-refractivity contribution >= 4 is 45.8 Å². The molecule has 4 aromatic carbocycles. The Morgan fingerprint density at radius 1 is 0.643 bits per heavy atom. The molecule has 0 saturated carbocycles. The molecular weight excluding hydrogens is 689 g/mol. The fourth-order valence-electron chi connectivity index (χ4n) is 10.4. The molecule has 0 N–H and O–H groups in total. The molecule has 0 spiro atoms. The molecule has 10 rings (SSSR count). The maximum absolute atomic E-state index is 5.65. The number of nitrogens with zero attached hydrogens (tertiary/aromatic N) is 8. The van der Waals surface area contributed by atoms with Gasteiger partial charge in [0.15, 0.2) is 11.6 Å². The number of aryl methyl sites for hydroxylation is 1. The average molecular weight is 735 g/mol. The Bertz CT molecular complexity index is 2550. The van der Waals surface area contributed by atoms with Crippen molar-refractivity contribution in [2.45, 2.75) is 64.2 Å². The van der Waals surface area contributed by atoms with Crippen LogP contribution in [-0.2, 0) is 17.3 Å². The van der Waals surface area contributed by atoms with Gasteiger partial charge in [-0.05, 0) is 53.9 Å². The molecule has 278 valence electrons. The number of aromatic nitrogens is 4. The summed E-state index contributed by atoms with van der Waals surface area (Å²) >= 11 is 0. The quantitative estimate of drug-likeness (QED) is 0.157. The average Bonchev–Trinajstić information content (AvgIpc) is 3.77. The summed E-state index contributed by atoms with van der Waals surface area (Å²) in [4.78, 5) is 30.2. The number of hydrogen-bond acceptors (Lipinski definition) is 8. The van der Waals surface area contributed by atoms with Crippen molar-refractivity contribution in [3.05, 3.63) is 170 Å². The van der Waals surface area contributed by atoms with Crippen molar-refractivity contribution in [1.29, 1.82) is 0 Å². The number of benzene rings is 4. The van der Waals surface area contributed by atoms with Gasteiger partial charge in [-0.3, -0.25) is 0 Å². The van der Waals surface area contributed by atoms with Crippen molar-refractivity contribution in [2.24, 2.45) is 11.3 Å². The van der Waals surface area contributed by atoms with Crippen LogP contribution in [-0.4, -0.2) is 32.3 Å². The van der Waals surface area contributed by atoms with E-state index in [1.54, 1.807) is 6.33 Å². The Balaban J connectivity index is 1.19. The Morgan fingerprint density at radius 2 is 1.29 bits per heavy atom. The molecule has 0 saturated heterocycles. The predicted octanol–water partition coefficient (Wildman–Crippen LogP) is 10.6. The Kier molecular flexibility index (Phi) is 7.40. The van der Waals surface area contributed by atoms with Crippen molar-refractivity contribution in [2.75, 3.05) is 19.6 Å². The van der Waals surface area contributed by atoms with E-state index in [2.05, 4.69) is 194 Å². The lowest BCUT2D eigenvalue weighted by molar-refractivity contribution is 0.141. The normalized spacial score (nSPS) is 26.8. The lowest BCUT2D eigenvalue weighted by Crippen LogP contribution is -2.62. The van der Waals surface area contributed by atoms with Crippen LogP contribution in [0.4, 0.5) is 45.8 Å². The zero-order chi connectivity index (χ0) is 38.6. The van der Waals surface area contributed by atoms with Crippen LogP contribution in [0.25, 0.3) is 0 Å². The number of para-hydroxylation sites is 4. The van der Waals surface area contributed by atoms with Gasteiger partial charge in [-0.25, -0.2) is 19.9 Å². The van der Waals surface area contributed by atoms with E-state index >= 15 is 0 Å². The van der Waals surface area contributed by atoms with Gasteiger partial charge in [0.25, 0.3) is 0 Å². The van der Waals surface area contributed by atoms with Gasteiger partial charge >= 0.3 is 0 Å². The summed E-state index contributed by atoms with van der Waals surface area (Å²) in [6.45, 7) is 20.5. The largest absolute Gasteiger partial charge is 0.315 e. The van der Waals surface area contributed by atoms with Crippen LogP contribution in [0.2, 0.25) is 0 Å². The Morgan fingerprint density at radius 3 is 2.00 bits per heavy atom. The summed E-state index contributed by atoms with van der Waals surface area (Å²) in [7, 11) is 0. The van der Waals surface area contributed by atoms with E-state index in [9.17, 15) is 0 Å². The summed E-state index contributed by atoms with van der Waals surface area (Å²) < 4.78 is 0. The minimum atomic E-state index is -0.532. The highest BCUT2D eigenvalue weighted by Crippen LogP contribution is 2.64. The van der Waals surface area contributed by atoms with Crippen molar-refractivity contribution in [3.63, 3.8) is 0 Å². The first-order valence-electron chi connectivity index (χ1n) is 19.6. The number of fused-ring (bicyclic) bond motifs is 10. The fourth-order valence-corrected chi connectivity index (χ4v) is 10.4. The van der Waals surface area contributed by atoms with Gasteiger partial charge in [-0.2, -0.15) is 0 Å². The third-order valence-corrected chi connectivity index (χ3v) is 13.8. The molecule has 0 bridgehead atoms. The number of hydrogen-bond donors (Lipinski definition) is 0. The molecular formula is C48H46N8. The molecule has 6 aromatic rings. The lowest BCUT2D eigenvalue weighted by atomic mass is 9.56. The monoisotopic (exact) mass is 734 g/mol. The van der Waals surface area contributed by atoms with Gasteiger partial charge in [0.05, 0.1) is 12.4 Å². The van der Waals surface area contributed by atoms with Gasteiger partial charge in [-0.15, -0.1) is 13.2 Å². The van der Waals surface area contributed by atoms with Crippen LogP contribution in [0.1, 0.15) is 50.2 Å². The molecule has 0 fully saturated rings. The van der Waals surface area contributed by atoms with Gasteiger partial charge in [0, 0.05) is 51.3 Å². The molecule has 6 atom stereocenters. The molecule has 8 nitrogen and oxygen atoms in total. The highest BCUT2D eigenvalue weighted by atomic mass is 15.5. The van der Waals surface area contributed by atoms with Crippen molar-refractivity contribution in [1.82, 2.24) is 19.9 Å². The minimum absolute atomic E-state index is 0.0453. The summed E-state index contributed by atoms with van der Waals surface area (Å²) in [5.41, 5.74) is 8.83. The van der Waals surface area contributed by atoms with Crippen LogP contribution in [0.15, 0.2) is 147 Å². The summed E-state index contributed by atoms with van der Waals surface area (Å²) in [5, 5.41) is 0. The molecule has 4 aliphatic rings. The maximum atomic E-state index is 5.65. The Hall–Kier alpha value is -6.28. The standard InChI is InChI=1S/C48H46N8/c1-8-46(5)32(4)44-54(36-24-16-13-19-31(36)3)40-29-50-41(52-43(40)55(44)37-25-17-14-22-34(37)46)27-48(7)45-53(33-20-11-10-12-21-33)39-28-49-30-51-42(39)56(45)38-26-18-15-23-35(38)47(48,6)9-2/h8-26,28-30,32,44-45H,1-2,27H2,3-7H3. The fraction of sp³-hybridized carbons (Fsp3) is 0.250. The van der Waals surface area contributed by atoms with E-state index in [1.165, 1.54) is 16.7 Å². The highest BCUT2D eigenvalue weighted by molar-refractivity contribution is 5.90. The summed E-state index contributed by atoms with van der Waals surface area (Å²) in [6, 6.07) is 36.7. The molecule has 8 heteroatoms. The van der Waals surface area contributed by atoms with E-state index in [4.69, 9.17) is 15.0 Å². The van der Waals surface area contributed by atoms with E-state index in [1.807, 2.05) is 6.20 Å². The van der Waals surface area contributed by atoms with Crippen LogP contribution in [0.5, 0.6) is 0 Å². The first-order chi connectivity index (χ1) is 27.2. The zero-order valence-electron chi connectivity index (χ0n) is 32.6. The predicted molar refractivity (Wildman–Crippen MR) is 227 cm³/mol. The Labute approximate surface area is 329 Å². The van der Waals surface area contributed by atoms with E-state index < -0.39 is 10.8 Å². The van der Waals surface area contributed by atoms with Gasteiger partial charge in [-0.1, -0.05) is 113 Å². The van der Waals surface area contributed by atoms with Gasteiger partial charge in [0.1, 0.15) is 35.9 Å². The first-order valence-corrected chi connectivity index (χ1v) is 19.6. The van der Waals surface area contributed by atoms with Gasteiger partial charge in [0.2, 0.25) is 0 Å².